The van der Waals surface area contributed by atoms with E-state index in [-0.39, 0.29) is 41.0 Å². The molecule has 1 aliphatic heterocycles. The van der Waals surface area contributed by atoms with Crippen LogP contribution in [0.1, 0.15) is 58.1 Å². The van der Waals surface area contributed by atoms with Crippen LogP contribution in [0.5, 0.6) is 0 Å². The lowest BCUT2D eigenvalue weighted by atomic mass is 9.53. The molecule has 9 heteroatoms. The molecule has 9 nitrogen and oxygen atoms in total. The van der Waals surface area contributed by atoms with Gasteiger partial charge in [-0.15, -0.1) is 0 Å². The first-order chi connectivity index (χ1) is 17.6. The summed E-state index contributed by atoms with van der Waals surface area (Å²) in [4.78, 5) is 46.0. The van der Waals surface area contributed by atoms with Crippen molar-refractivity contribution in [2.24, 2.45) is 23.2 Å². The lowest BCUT2D eigenvalue weighted by Crippen LogP contribution is -2.48. The zero-order chi connectivity index (χ0) is 26.6. The number of nitro groups is 1. The maximum Gasteiger partial charge on any atom is 0.270 e. The number of carbonyl (C=O) groups excluding carboxylic acids is 2. The Hall–Kier alpha value is -3.07. The van der Waals surface area contributed by atoms with Crippen LogP contribution in [-0.4, -0.2) is 58.2 Å². The monoisotopic (exact) mass is 509 g/mol. The van der Waals surface area contributed by atoms with Crippen molar-refractivity contribution in [3.63, 3.8) is 0 Å². The van der Waals surface area contributed by atoms with E-state index in [0.717, 1.165) is 50.9 Å². The molecule has 200 valence electrons. The van der Waals surface area contributed by atoms with Gasteiger partial charge in [-0.2, -0.15) is 0 Å². The number of nitrogens with one attached hydrogen (secondary N) is 2. The number of piperidine rings is 1. The van der Waals surface area contributed by atoms with Crippen molar-refractivity contribution in [2.45, 2.75) is 58.8 Å². The van der Waals surface area contributed by atoms with Crippen LogP contribution in [-0.2, 0) is 16.0 Å². The molecule has 37 heavy (non-hydrogen) atoms. The van der Waals surface area contributed by atoms with Crippen molar-refractivity contribution in [1.29, 1.82) is 0 Å². The van der Waals surface area contributed by atoms with Crippen LogP contribution in [0.3, 0.4) is 0 Å². The number of aromatic amines is 1. The molecule has 2 atom stereocenters. The number of Topliss-reactive ketones (excluding diaryl/α,β-unsaturated/α-hetero) is 1. The Balaban J connectivity index is 1.24. The maximum absolute atomic E-state index is 13.0. The summed E-state index contributed by atoms with van der Waals surface area (Å²) < 4.78 is 0. The molecule has 4 rings (SSSR count). The molecule has 1 aromatic heterocycles. The summed E-state index contributed by atoms with van der Waals surface area (Å²) in [6.07, 6.45) is 7.01. The third-order valence-corrected chi connectivity index (χ3v) is 8.36. The van der Waals surface area contributed by atoms with Gasteiger partial charge in [0, 0.05) is 54.9 Å². The van der Waals surface area contributed by atoms with Crippen molar-refractivity contribution in [3.05, 3.63) is 46.3 Å². The molecule has 1 amide bonds. The number of amides is 1. The van der Waals surface area contributed by atoms with E-state index < -0.39 is 4.92 Å². The van der Waals surface area contributed by atoms with Gasteiger partial charge in [-0.3, -0.25) is 19.7 Å². The van der Waals surface area contributed by atoms with Crippen molar-refractivity contribution in [1.82, 2.24) is 20.2 Å². The average Bonchev–Trinajstić information content (AvgIpc) is 3.35. The van der Waals surface area contributed by atoms with Crippen molar-refractivity contribution < 1.29 is 14.5 Å². The van der Waals surface area contributed by atoms with Gasteiger partial charge in [0.05, 0.1) is 4.92 Å². The number of nitro benzene ring substituents is 1. The van der Waals surface area contributed by atoms with Gasteiger partial charge in [0.2, 0.25) is 5.91 Å². The van der Waals surface area contributed by atoms with Gasteiger partial charge in [-0.25, -0.2) is 4.98 Å². The van der Waals surface area contributed by atoms with E-state index in [2.05, 4.69) is 41.1 Å². The van der Waals surface area contributed by atoms with Crippen molar-refractivity contribution in [3.8, 4) is 11.4 Å². The summed E-state index contributed by atoms with van der Waals surface area (Å²) in [7, 11) is 2.13. The summed E-state index contributed by atoms with van der Waals surface area (Å²) in [6.45, 7) is 7.27. The van der Waals surface area contributed by atoms with Gasteiger partial charge in [-0.1, -0.05) is 26.0 Å². The predicted molar refractivity (Wildman–Crippen MR) is 142 cm³/mol. The second-order valence-corrected chi connectivity index (χ2v) is 11.5. The highest BCUT2D eigenvalue weighted by Gasteiger charge is 2.49. The van der Waals surface area contributed by atoms with E-state index in [1.54, 1.807) is 18.3 Å². The highest BCUT2D eigenvalue weighted by molar-refractivity contribution is 5.87. The molecule has 2 heterocycles. The zero-order valence-corrected chi connectivity index (χ0v) is 22.2. The molecule has 2 N–H and O–H groups in total. The zero-order valence-electron chi connectivity index (χ0n) is 22.2. The van der Waals surface area contributed by atoms with E-state index in [4.69, 9.17) is 0 Å². The number of hydrogen-bond donors (Lipinski definition) is 2. The number of carbonyl (C=O) groups is 2. The number of likely N-dealkylation sites (tertiary alicyclic amines) is 1. The summed E-state index contributed by atoms with van der Waals surface area (Å²) in [5, 5.41) is 14.1. The lowest BCUT2D eigenvalue weighted by molar-refractivity contribution is -0.384. The van der Waals surface area contributed by atoms with Gasteiger partial charge in [0.1, 0.15) is 11.6 Å². The van der Waals surface area contributed by atoms with Crippen LogP contribution in [0.4, 0.5) is 5.69 Å². The van der Waals surface area contributed by atoms with Crippen LogP contribution < -0.4 is 5.32 Å². The Morgan fingerprint density at radius 3 is 2.70 bits per heavy atom. The second-order valence-electron chi connectivity index (χ2n) is 11.5. The molecule has 2 aromatic rings. The predicted octanol–water partition coefficient (Wildman–Crippen LogP) is 4.39. The highest BCUT2D eigenvalue weighted by atomic mass is 16.6. The molecule has 1 aromatic carbocycles. The Kier molecular flexibility index (Phi) is 8.42. The number of aromatic nitrogens is 2. The Morgan fingerprint density at radius 1 is 1.24 bits per heavy atom. The van der Waals surface area contributed by atoms with Crippen LogP contribution >= 0.6 is 0 Å². The number of rotatable bonds is 11. The molecule has 0 radical (unpaired) electrons. The summed E-state index contributed by atoms with van der Waals surface area (Å²) in [5.41, 5.74) is 1.73. The molecule has 2 aliphatic rings. The fraction of sp³-hybridized carbons (Fsp3) is 0.607. The van der Waals surface area contributed by atoms with E-state index >= 15 is 0 Å². The van der Waals surface area contributed by atoms with Gasteiger partial charge in [0.15, 0.2) is 0 Å². The molecule has 1 saturated heterocycles. The normalized spacial score (nSPS) is 21.8. The molecule has 0 unspecified atom stereocenters. The first kappa shape index (κ1) is 27.0. The fourth-order valence-electron chi connectivity index (χ4n) is 5.92. The van der Waals surface area contributed by atoms with Gasteiger partial charge in [0.25, 0.3) is 5.69 Å². The van der Waals surface area contributed by atoms with E-state index in [9.17, 15) is 19.7 Å². The van der Waals surface area contributed by atoms with Crippen LogP contribution in [0.2, 0.25) is 0 Å². The number of H-pyrrole nitrogens is 1. The Labute approximate surface area is 218 Å². The molecule has 1 saturated carbocycles. The van der Waals surface area contributed by atoms with Crippen LogP contribution in [0.25, 0.3) is 11.4 Å². The van der Waals surface area contributed by atoms with Crippen LogP contribution in [0, 0.1) is 33.3 Å². The minimum Gasteiger partial charge on any atom is -0.356 e. The number of imidazole rings is 1. The number of nitrogens with zero attached hydrogens (tertiary/aromatic N) is 3. The first-order valence-corrected chi connectivity index (χ1v) is 13.4. The minimum absolute atomic E-state index is 0.00385. The smallest absolute Gasteiger partial charge is 0.270 e. The fourth-order valence-corrected chi connectivity index (χ4v) is 5.92. The van der Waals surface area contributed by atoms with Crippen molar-refractivity contribution >= 4 is 17.4 Å². The van der Waals surface area contributed by atoms with Crippen molar-refractivity contribution in [2.75, 3.05) is 26.7 Å². The second kappa shape index (κ2) is 11.5. The third-order valence-electron chi connectivity index (χ3n) is 8.36. The van der Waals surface area contributed by atoms with E-state index in [1.165, 1.54) is 12.1 Å². The van der Waals surface area contributed by atoms with Gasteiger partial charge < -0.3 is 15.2 Å². The largest absolute Gasteiger partial charge is 0.356 e. The molecule has 0 spiro atoms. The molecular formula is C28H39N5O4. The number of benzene rings is 1. The molecule has 0 bridgehead atoms. The molecule has 1 aliphatic carbocycles. The van der Waals surface area contributed by atoms with Gasteiger partial charge >= 0.3 is 0 Å². The SMILES string of the molecule is CN1CCC(CNC(=O)CCC(=O)[C@H]2CC(C)(C)[C@@H]2CCc2cnc(-c3cccc([N+](=O)[O-])c3)[nH]2)CC1. The van der Waals surface area contributed by atoms with E-state index in [1.807, 2.05) is 0 Å². The average molecular weight is 510 g/mol. The summed E-state index contributed by atoms with van der Waals surface area (Å²) >= 11 is 0. The Morgan fingerprint density at radius 2 is 2.00 bits per heavy atom. The number of aryl methyl sites for hydroxylation is 1. The maximum atomic E-state index is 13.0. The Bertz CT molecular complexity index is 1120. The quantitative estimate of drug-likeness (QED) is 0.342. The number of ketones is 1. The topological polar surface area (TPSA) is 121 Å². The van der Waals surface area contributed by atoms with E-state index in [0.29, 0.717) is 30.3 Å². The minimum atomic E-state index is -0.414. The summed E-state index contributed by atoms with van der Waals surface area (Å²) in [5.74, 6) is 1.56. The number of hydrogen-bond acceptors (Lipinski definition) is 6. The lowest BCUT2D eigenvalue weighted by Gasteiger charge is -2.51. The molecular weight excluding hydrogens is 470 g/mol. The van der Waals surface area contributed by atoms with Crippen LogP contribution in [0.15, 0.2) is 30.5 Å². The number of non-ortho nitro benzene ring substituents is 1. The first-order valence-electron chi connectivity index (χ1n) is 13.4. The van der Waals surface area contributed by atoms with Gasteiger partial charge in [-0.05, 0) is 69.5 Å². The third kappa shape index (κ3) is 6.83. The highest BCUT2D eigenvalue weighted by Crippen LogP contribution is 2.53. The standard InChI is InChI=1S/C28H39N5O4/c1-28(2)16-23(25(34)9-10-26(35)29-17-19-11-13-32(3)14-12-19)24(28)8-7-21-18-30-27(31-21)20-5-4-6-22(15-20)33(36)37/h4-6,15,18-19,23-24H,7-14,16-17H2,1-3H3,(H,29,35)(H,30,31)/t23-,24+/m0/s1. The molecule has 2 fully saturated rings. The summed E-state index contributed by atoms with van der Waals surface area (Å²) in [6, 6.07) is 6.42.